The highest BCUT2D eigenvalue weighted by atomic mass is 35.5. The number of carbonyl (C=O) groups is 2. The number of halogens is 1. The van der Waals surface area contributed by atoms with Gasteiger partial charge in [-0.15, -0.1) is 12.4 Å². The van der Waals surface area contributed by atoms with Crippen molar-refractivity contribution in [3.63, 3.8) is 0 Å². The Labute approximate surface area is 216 Å². The van der Waals surface area contributed by atoms with Gasteiger partial charge in [0.1, 0.15) is 11.6 Å². The van der Waals surface area contributed by atoms with Crippen LogP contribution in [0.5, 0.6) is 0 Å². The van der Waals surface area contributed by atoms with Crippen molar-refractivity contribution in [1.29, 1.82) is 0 Å². The van der Waals surface area contributed by atoms with Crippen LogP contribution in [0.3, 0.4) is 0 Å². The van der Waals surface area contributed by atoms with Crippen LogP contribution in [0, 0.1) is 13.8 Å². The van der Waals surface area contributed by atoms with Gasteiger partial charge in [0.15, 0.2) is 0 Å². The second-order valence-corrected chi connectivity index (χ2v) is 10.9. The SMILES string of the molecule is CCCCN1C(=O)[C@@H](CC2(O)CCCCC2)NC(=O)C12CCN(Cc1c(C)nn(C)c1C)CC2.Cl. The summed E-state index contributed by atoms with van der Waals surface area (Å²) in [4.78, 5) is 31.6. The molecule has 4 rings (SSSR count). The monoisotopic (exact) mass is 509 g/mol. The number of likely N-dealkylation sites (tertiary alicyclic amines) is 1. The van der Waals surface area contributed by atoms with E-state index in [0.717, 1.165) is 70.3 Å². The fourth-order valence-corrected chi connectivity index (χ4v) is 6.30. The summed E-state index contributed by atoms with van der Waals surface area (Å²) in [5.74, 6) is -0.0274. The maximum absolute atomic E-state index is 13.7. The number of piperazine rings is 1. The van der Waals surface area contributed by atoms with Gasteiger partial charge in [0, 0.05) is 50.9 Å². The summed E-state index contributed by atoms with van der Waals surface area (Å²) in [6.07, 6.45) is 8.02. The van der Waals surface area contributed by atoms with Crippen molar-refractivity contribution in [3.8, 4) is 0 Å². The standard InChI is InChI=1S/C26H43N5O3.ClH/c1-5-6-14-31-23(32)22(17-25(34)10-8-7-9-11-25)27-24(33)26(31)12-15-30(16-13-26)18-21-19(2)28-29(4)20(21)3;/h22,34H,5-18H2,1-4H3,(H,27,33);1H/t22-;/m1./s1. The van der Waals surface area contributed by atoms with Gasteiger partial charge in [-0.3, -0.25) is 19.2 Å². The van der Waals surface area contributed by atoms with Crippen molar-refractivity contribution in [2.75, 3.05) is 19.6 Å². The fourth-order valence-electron chi connectivity index (χ4n) is 6.30. The predicted molar refractivity (Wildman–Crippen MR) is 138 cm³/mol. The highest BCUT2D eigenvalue weighted by Gasteiger charge is 2.54. The largest absolute Gasteiger partial charge is 0.390 e. The Morgan fingerprint density at radius 2 is 1.74 bits per heavy atom. The highest BCUT2D eigenvalue weighted by molar-refractivity contribution is 6.00. The second-order valence-electron chi connectivity index (χ2n) is 10.9. The van der Waals surface area contributed by atoms with Gasteiger partial charge in [0.25, 0.3) is 0 Å². The van der Waals surface area contributed by atoms with Gasteiger partial charge in [0.2, 0.25) is 11.8 Å². The molecule has 2 N–H and O–H groups in total. The van der Waals surface area contributed by atoms with E-state index in [2.05, 4.69) is 29.2 Å². The average molecular weight is 510 g/mol. The van der Waals surface area contributed by atoms with E-state index in [-0.39, 0.29) is 24.2 Å². The Morgan fingerprint density at radius 3 is 2.31 bits per heavy atom. The normalized spacial score (nSPS) is 24.4. The molecule has 0 unspecified atom stereocenters. The van der Waals surface area contributed by atoms with Crippen molar-refractivity contribution in [1.82, 2.24) is 24.9 Å². The minimum atomic E-state index is -0.838. The third kappa shape index (κ3) is 5.54. The van der Waals surface area contributed by atoms with Crippen LogP contribution in [0.15, 0.2) is 0 Å². The number of nitrogens with one attached hydrogen (secondary N) is 1. The molecule has 1 saturated carbocycles. The van der Waals surface area contributed by atoms with Crippen LogP contribution in [0.2, 0.25) is 0 Å². The number of aromatic nitrogens is 2. The van der Waals surface area contributed by atoms with E-state index >= 15 is 0 Å². The fraction of sp³-hybridized carbons (Fsp3) is 0.808. The zero-order valence-electron chi connectivity index (χ0n) is 21.9. The van der Waals surface area contributed by atoms with Gasteiger partial charge in [-0.2, -0.15) is 5.10 Å². The molecule has 9 heteroatoms. The molecule has 2 amide bonds. The smallest absolute Gasteiger partial charge is 0.246 e. The van der Waals surface area contributed by atoms with E-state index in [1.807, 2.05) is 23.6 Å². The van der Waals surface area contributed by atoms with Gasteiger partial charge in [-0.05, 0) is 46.0 Å². The van der Waals surface area contributed by atoms with Gasteiger partial charge in [-0.25, -0.2) is 0 Å². The average Bonchev–Trinajstić information content (AvgIpc) is 3.05. The Kier molecular flexibility index (Phi) is 8.92. The molecule has 1 spiro atoms. The third-order valence-electron chi connectivity index (χ3n) is 8.64. The topological polar surface area (TPSA) is 90.7 Å². The molecule has 0 bridgehead atoms. The minimum Gasteiger partial charge on any atom is -0.390 e. The molecular formula is C26H44ClN5O3. The molecule has 1 aromatic rings. The summed E-state index contributed by atoms with van der Waals surface area (Å²) >= 11 is 0. The summed E-state index contributed by atoms with van der Waals surface area (Å²) in [6, 6.07) is -0.614. The summed E-state index contributed by atoms with van der Waals surface area (Å²) in [5.41, 5.74) is 1.88. The number of carbonyl (C=O) groups excluding carboxylic acids is 2. The number of piperidine rings is 1. The number of rotatable bonds is 7. The first kappa shape index (κ1) is 27.9. The second kappa shape index (κ2) is 11.2. The number of hydrogen-bond acceptors (Lipinski definition) is 5. The molecule has 8 nitrogen and oxygen atoms in total. The lowest BCUT2D eigenvalue weighted by Gasteiger charge is -2.52. The molecule has 1 aliphatic carbocycles. The number of unbranched alkanes of at least 4 members (excludes halogenated alkanes) is 1. The first-order chi connectivity index (χ1) is 16.2. The molecule has 35 heavy (non-hydrogen) atoms. The molecule has 2 saturated heterocycles. The van der Waals surface area contributed by atoms with Gasteiger partial charge in [-0.1, -0.05) is 32.6 Å². The quantitative estimate of drug-likeness (QED) is 0.589. The Balaban J connectivity index is 0.00000342. The number of aryl methyl sites for hydroxylation is 2. The molecule has 0 radical (unpaired) electrons. The van der Waals surface area contributed by atoms with Crippen molar-refractivity contribution < 1.29 is 14.7 Å². The lowest BCUT2D eigenvalue weighted by Crippen LogP contribution is -2.73. The highest BCUT2D eigenvalue weighted by Crippen LogP contribution is 2.37. The van der Waals surface area contributed by atoms with Gasteiger partial charge < -0.3 is 15.3 Å². The maximum Gasteiger partial charge on any atom is 0.246 e. The first-order valence-corrected chi connectivity index (χ1v) is 13.3. The van der Waals surface area contributed by atoms with E-state index < -0.39 is 17.2 Å². The van der Waals surface area contributed by atoms with E-state index in [9.17, 15) is 14.7 Å². The Bertz CT molecular complexity index is 903. The van der Waals surface area contributed by atoms with Crippen LogP contribution in [-0.2, 0) is 23.2 Å². The maximum atomic E-state index is 13.7. The minimum absolute atomic E-state index is 0. The molecule has 1 atom stereocenters. The lowest BCUT2D eigenvalue weighted by molar-refractivity contribution is -0.163. The van der Waals surface area contributed by atoms with Crippen molar-refractivity contribution in [2.45, 2.75) is 109 Å². The molecule has 0 aromatic carbocycles. The van der Waals surface area contributed by atoms with Crippen molar-refractivity contribution in [2.24, 2.45) is 7.05 Å². The summed E-state index contributed by atoms with van der Waals surface area (Å²) in [6.45, 7) is 9.23. The molecule has 3 fully saturated rings. The van der Waals surface area contributed by atoms with E-state index in [1.54, 1.807) is 0 Å². The van der Waals surface area contributed by atoms with Crippen molar-refractivity contribution in [3.05, 3.63) is 17.0 Å². The Hall–Kier alpha value is -1.64. The van der Waals surface area contributed by atoms with Crippen LogP contribution in [0.1, 0.15) is 88.1 Å². The zero-order chi connectivity index (χ0) is 24.5. The predicted octanol–water partition coefficient (Wildman–Crippen LogP) is 3.01. The van der Waals surface area contributed by atoms with Gasteiger partial charge in [0.05, 0.1) is 11.3 Å². The Morgan fingerprint density at radius 1 is 1.09 bits per heavy atom. The molecular weight excluding hydrogens is 466 g/mol. The number of amides is 2. The van der Waals surface area contributed by atoms with Crippen LogP contribution in [-0.4, -0.2) is 73.3 Å². The first-order valence-electron chi connectivity index (χ1n) is 13.3. The molecule has 3 aliphatic rings. The summed E-state index contributed by atoms with van der Waals surface area (Å²) < 4.78 is 1.93. The van der Waals surface area contributed by atoms with Crippen LogP contribution in [0.4, 0.5) is 0 Å². The van der Waals surface area contributed by atoms with Crippen molar-refractivity contribution >= 4 is 24.2 Å². The number of aliphatic hydroxyl groups is 1. The lowest BCUT2D eigenvalue weighted by atomic mass is 9.77. The van der Waals surface area contributed by atoms with Crippen LogP contribution < -0.4 is 5.32 Å². The third-order valence-corrected chi connectivity index (χ3v) is 8.64. The van der Waals surface area contributed by atoms with Gasteiger partial charge >= 0.3 is 0 Å². The summed E-state index contributed by atoms with van der Waals surface area (Å²) in [5, 5.41) is 18.7. The molecule has 1 aromatic heterocycles. The molecule has 3 heterocycles. The van der Waals surface area contributed by atoms with E-state index in [1.165, 1.54) is 11.3 Å². The van der Waals surface area contributed by atoms with E-state index in [4.69, 9.17) is 0 Å². The molecule has 198 valence electrons. The van der Waals surface area contributed by atoms with Crippen LogP contribution >= 0.6 is 12.4 Å². The number of hydrogen-bond donors (Lipinski definition) is 2. The summed E-state index contributed by atoms with van der Waals surface area (Å²) in [7, 11) is 1.97. The zero-order valence-corrected chi connectivity index (χ0v) is 22.8. The number of nitrogens with zero attached hydrogens (tertiary/aromatic N) is 4. The van der Waals surface area contributed by atoms with E-state index in [0.29, 0.717) is 25.8 Å². The molecule has 2 aliphatic heterocycles. The van der Waals surface area contributed by atoms with Crippen LogP contribution in [0.25, 0.3) is 0 Å².